The van der Waals surface area contributed by atoms with Gasteiger partial charge in [0.25, 0.3) is 5.91 Å². The number of hydrogen-bond donors (Lipinski definition) is 1. The Morgan fingerprint density at radius 3 is 2.82 bits per heavy atom. The summed E-state index contributed by atoms with van der Waals surface area (Å²) < 4.78 is 5.37. The molecule has 2 aromatic heterocycles. The largest absolute Gasteiger partial charge is 0.381 e. The summed E-state index contributed by atoms with van der Waals surface area (Å²) in [5, 5.41) is 3.02. The molecule has 28 heavy (non-hydrogen) atoms. The Hall–Kier alpha value is -3.00. The first-order valence-electron chi connectivity index (χ1n) is 9.42. The van der Waals surface area contributed by atoms with Gasteiger partial charge in [-0.25, -0.2) is 4.98 Å². The maximum Gasteiger partial charge on any atom is 0.255 e. The zero-order valence-corrected chi connectivity index (χ0v) is 15.8. The molecular formula is C20H23N5O3. The fourth-order valence-electron chi connectivity index (χ4n) is 3.61. The maximum absolute atomic E-state index is 12.9. The van der Waals surface area contributed by atoms with E-state index < -0.39 is 0 Å². The smallest absolute Gasteiger partial charge is 0.255 e. The van der Waals surface area contributed by atoms with Crippen LogP contribution in [0.25, 0.3) is 0 Å². The lowest BCUT2D eigenvalue weighted by Crippen LogP contribution is -2.42. The Morgan fingerprint density at radius 1 is 1.29 bits per heavy atom. The Morgan fingerprint density at radius 2 is 2.11 bits per heavy atom. The Bertz CT molecular complexity index is 865. The molecule has 1 saturated heterocycles. The van der Waals surface area contributed by atoms with Crippen molar-refractivity contribution in [1.29, 1.82) is 0 Å². The summed E-state index contributed by atoms with van der Waals surface area (Å²) in [6.45, 7) is 1.82. The van der Waals surface area contributed by atoms with Crippen molar-refractivity contribution < 1.29 is 14.3 Å². The summed E-state index contributed by atoms with van der Waals surface area (Å²) in [5.74, 6) is 0.455. The molecular weight excluding hydrogens is 358 g/mol. The number of fused-ring (bicyclic) bond motifs is 1. The highest BCUT2D eigenvalue weighted by Crippen LogP contribution is 2.30. The van der Waals surface area contributed by atoms with Crippen molar-refractivity contribution in [2.45, 2.75) is 25.5 Å². The van der Waals surface area contributed by atoms with Crippen LogP contribution in [0.4, 0.5) is 11.5 Å². The molecule has 4 rings (SSSR count). The Labute approximate surface area is 163 Å². The molecule has 8 nitrogen and oxygen atoms in total. The maximum atomic E-state index is 12.9. The van der Waals surface area contributed by atoms with E-state index in [1.165, 1.54) is 0 Å². The van der Waals surface area contributed by atoms with Crippen molar-refractivity contribution in [2.24, 2.45) is 0 Å². The van der Waals surface area contributed by atoms with Crippen molar-refractivity contribution in [3.05, 3.63) is 47.9 Å². The molecule has 2 aliphatic heterocycles. The third-order valence-corrected chi connectivity index (χ3v) is 5.22. The van der Waals surface area contributed by atoms with Gasteiger partial charge in [0.05, 0.1) is 36.1 Å². The van der Waals surface area contributed by atoms with E-state index in [0.717, 1.165) is 18.5 Å². The molecule has 0 atom stereocenters. The summed E-state index contributed by atoms with van der Waals surface area (Å²) in [6, 6.07) is 7.34. The van der Waals surface area contributed by atoms with Crippen molar-refractivity contribution >= 4 is 23.3 Å². The second kappa shape index (κ2) is 7.93. The number of nitrogens with zero attached hydrogens (tertiary/aromatic N) is 4. The molecule has 0 bridgehead atoms. The van der Waals surface area contributed by atoms with Crippen molar-refractivity contribution in [3.8, 4) is 0 Å². The number of ether oxygens (including phenoxy) is 1. The van der Waals surface area contributed by atoms with Gasteiger partial charge in [0, 0.05) is 32.6 Å². The molecule has 0 spiro atoms. The van der Waals surface area contributed by atoms with Crippen LogP contribution in [0.3, 0.4) is 0 Å². The van der Waals surface area contributed by atoms with E-state index in [2.05, 4.69) is 15.3 Å². The number of amides is 2. The third-order valence-electron chi connectivity index (χ3n) is 5.22. The normalized spacial score (nSPS) is 17.2. The first-order valence-corrected chi connectivity index (χ1v) is 9.42. The van der Waals surface area contributed by atoms with E-state index in [1.807, 2.05) is 23.1 Å². The number of anilines is 2. The Kier molecular flexibility index (Phi) is 5.21. The number of nitrogens with one attached hydrogen (secondary N) is 1. The van der Waals surface area contributed by atoms with Crippen molar-refractivity contribution in [3.63, 3.8) is 0 Å². The van der Waals surface area contributed by atoms with Gasteiger partial charge >= 0.3 is 0 Å². The summed E-state index contributed by atoms with van der Waals surface area (Å²) in [7, 11) is 1.70. The number of carbonyl (C=O) groups excluding carboxylic acids is 2. The van der Waals surface area contributed by atoms with Gasteiger partial charge in [-0.05, 0) is 31.0 Å². The zero-order valence-electron chi connectivity index (χ0n) is 15.8. The summed E-state index contributed by atoms with van der Waals surface area (Å²) >= 11 is 0. The predicted molar refractivity (Wildman–Crippen MR) is 104 cm³/mol. The lowest BCUT2D eigenvalue weighted by Gasteiger charge is -2.32. The molecule has 0 saturated carbocycles. The number of aromatic nitrogens is 2. The van der Waals surface area contributed by atoms with Gasteiger partial charge in [-0.1, -0.05) is 6.07 Å². The van der Waals surface area contributed by atoms with Crippen LogP contribution >= 0.6 is 0 Å². The fourth-order valence-corrected chi connectivity index (χ4v) is 3.61. The highest BCUT2D eigenvalue weighted by Gasteiger charge is 2.28. The summed E-state index contributed by atoms with van der Waals surface area (Å²) in [6.07, 6.45) is 5.14. The molecule has 0 radical (unpaired) electrons. The number of rotatable bonds is 4. The second-order valence-electron chi connectivity index (χ2n) is 6.97. The third kappa shape index (κ3) is 3.68. The van der Waals surface area contributed by atoms with Gasteiger partial charge in [0.15, 0.2) is 5.82 Å². The number of likely N-dealkylation sites (tertiary alicyclic amines) is 1. The van der Waals surface area contributed by atoms with Crippen LogP contribution < -0.4 is 10.2 Å². The van der Waals surface area contributed by atoms with Gasteiger partial charge < -0.3 is 19.9 Å². The van der Waals surface area contributed by atoms with Crippen molar-refractivity contribution in [1.82, 2.24) is 14.9 Å². The van der Waals surface area contributed by atoms with Crippen LogP contribution in [0.15, 0.2) is 36.7 Å². The van der Waals surface area contributed by atoms with Gasteiger partial charge in [-0.3, -0.25) is 14.6 Å². The average molecular weight is 381 g/mol. The van der Waals surface area contributed by atoms with Gasteiger partial charge in [-0.15, -0.1) is 0 Å². The SMILES string of the molecule is COC1CCN(C(=O)c2cnc3c(c2)N(Cc2ccccn2)C(=O)CN3)CC1. The minimum absolute atomic E-state index is 0.0688. The van der Waals surface area contributed by atoms with Crippen LogP contribution in [0.1, 0.15) is 28.9 Å². The molecule has 0 aliphatic carbocycles. The molecule has 0 unspecified atom stereocenters. The molecule has 8 heteroatoms. The molecule has 2 amide bonds. The zero-order chi connectivity index (χ0) is 19.5. The molecule has 1 N–H and O–H groups in total. The molecule has 4 heterocycles. The van der Waals surface area contributed by atoms with Crippen LogP contribution in [-0.2, 0) is 16.1 Å². The number of methoxy groups -OCH3 is 1. The molecule has 2 aliphatic rings. The van der Waals surface area contributed by atoms with E-state index in [9.17, 15) is 9.59 Å². The van der Waals surface area contributed by atoms with E-state index in [-0.39, 0.29) is 24.5 Å². The van der Waals surface area contributed by atoms with Crippen LogP contribution in [-0.4, -0.2) is 59.5 Å². The quantitative estimate of drug-likeness (QED) is 0.867. The molecule has 0 aromatic carbocycles. The standard InChI is InChI=1S/C20H23N5O3/c1-28-16-5-8-24(9-6-16)20(27)14-10-17-19(22-11-14)23-12-18(26)25(17)13-15-4-2-3-7-21-15/h2-4,7,10-11,16H,5-6,8-9,12-13H2,1H3,(H,22,23). The van der Waals surface area contributed by atoms with Gasteiger partial charge in [-0.2, -0.15) is 0 Å². The number of pyridine rings is 2. The second-order valence-corrected chi connectivity index (χ2v) is 6.97. The predicted octanol–water partition coefficient (Wildman–Crippen LogP) is 1.69. The first-order chi connectivity index (χ1) is 13.7. The number of hydrogen-bond acceptors (Lipinski definition) is 6. The van der Waals surface area contributed by atoms with Crippen LogP contribution in [0, 0.1) is 0 Å². The lowest BCUT2D eigenvalue weighted by atomic mass is 10.1. The molecule has 1 fully saturated rings. The van der Waals surface area contributed by atoms with Gasteiger partial charge in [0.2, 0.25) is 5.91 Å². The van der Waals surface area contributed by atoms with E-state index in [0.29, 0.717) is 36.7 Å². The van der Waals surface area contributed by atoms with Gasteiger partial charge in [0.1, 0.15) is 0 Å². The van der Waals surface area contributed by atoms with Crippen molar-refractivity contribution in [2.75, 3.05) is 37.0 Å². The Balaban J connectivity index is 1.57. The van der Waals surface area contributed by atoms with E-state index in [4.69, 9.17) is 4.74 Å². The molecule has 2 aromatic rings. The summed E-state index contributed by atoms with van der Waals surface area (Å²) in [4.78, 5) is 37.6. The average Bonchev–Trinajstić information content (AvgIpc) is 2.76. The highest BCUT2D eigenvalue weighted by atomic mass is 16.5. The minimum atomic E-state index is -0.0783. The first kappa shape index (κ1) is 18.4. The fraction of sp³-hybridized carbons (Fsp3) is 0.400. The highest BCUT2D eigenvalue weighted by molar-refractivity contribution is 6.04. The van der Waals surface area contributed by atoms with Crippen LogP contribution in [0.5, 0.6) is 0 Å². The number of carbonyl (C=O) groups is 2. The number of piperidine rings is 1. The van der Waals surface area contributed by atoms with E-state index >= 15 is 0 Å². The monoisotopic (exact) mass is 381 g/mol. The molecule has 146 valence electrons. The topological polar surface area (TPSA) is 87.7 Å². The minimum Gasteiger partial charge on any atom is -0.381 e. The lowest BCUT2D eigenvalue weighted by molar-refractivity contribution is -0.117. The van der Waals surface area contributed by atoms with Crippen LogP contribution in [0.2, 0.25) is 0 Å². The van der Waals surface area contributed by atoms with E-state index in [1.54, 1.807) is 30.5 Å². The summed E-state index contributed by atoms with van der Waals surface area (Å²) in [5.41, 5.74) is 1.87.